The number of nitrogens with one attached hydrogen (secondary N) is 1. The monoisotopic (exact) mass is 276 g/mol. The lowest BCUT2D eigenvalue weighted by Gasteiger charge is -2.27. The smallest absolute Gasteiger partial charge is 0.254 e. The minimum absolute atomic E-state index is 0.0230. The van der Waals surface area contributed by atoms with Gasteiger partial charge in [-0.3, -0.25) is 4.79 Å². The summed E-state index contributed by atoms with van der Waals surface area (Å²) in [7, 11) is 0. The Morgan fingerprint density at radius 1 is 1.45 bits per heavy atom. The molecule has 108 valence electrons. The highest BCUT2D eigenvalue weighted by molar-refractivity contribution is 5.94. The van der Waals surface area contributed by atoms with Gasteiger partial charge in [0.2, 0.25) is 0 Å². The molecule has 4 heteroatoms. The van der Waals surface area contributed by atoms with E-state index in [0.29, 0.717) is 23.0 Å². The van der Waals surface area contributed by atoms with Crippen molar-refractivity contribution >= 4 is 5.91 Å². The van der Waals surface area contributed by atoms with Gasteiger partial charge in [0.15, 0.2) is 0 Å². The molecule has 20 heavy (non-hydrogen) atoms. The van der Waals surface area contributed by atoms with Gasteiger partial charge in [0.05, 0.1) is 0 Å². The third-order valence-corrected chi connectivity index (χ3v) is 4.82. The molecular formula is C16H21FN2O. The molecule has 0 saturated carbocycles. The number of hydrogen-bond donors (Lipinski definition) is 1. The van der Waals surface area contributed by atoms with Crippen LogP contribution in [0.3, 0.4) is 0 Å². The number of likely N-dealkylation sites (tertiary alicyclic amines) is 1. The van der Waals surface area contributed by atoms with E-state index in [2.05, 4.69) is 12.2 Å². The SMILES string of the molecule is CCC1C2CNCC2CN1C(=O)c1ccc(C)c(F)c1. The standard InChI is InChI=1S/C16H21FN2O/c1-3-15-13-8-18-7-12(13)9-19(15)16(20)11-5-4-10(2)14(17)6-11/h4-6,12-13,15,18H,3,7-9H2,1-2H3. The minimum Gasteiger partial charge on any atom is -0.335 e. The molecule has 2 heterocycles. The van der Waals surface area contributed by atoms with Crippen LogP contribution in [0.1, 0.15) is 29.3 Å². The Labute approximate surface area is 119 Å². The zero-order chi connectivity index (χ0) is 14.3. The Hall–Kier alpha value is -1.42. The second-order valence-corrected chi connectivity index (χ2v) is 5.98. The molecule has 1 amide bonds. The first-order valence-corrected chi connectivity index (χ1v) is 7.39. The van der Waals surface area contributed by atoms with Crippen molar-refractivity contribution in [1.29, 1.82) is 0 Å². The summed E-state index contributed by atoms with van der Waals surface area (Å²) >= 11 is 0. The highest BCUT2D eigenvalue weighted by Crippen LogP contribution is 2.35. The van der Waals surface area contributed by atoms with Gasteiger partial charge in [-0.25, -0.2) is 4.39 Å². The summed E-state index contributed by atoms with van der Waals surface area (Å²) in [5.74, 6) is 0.786. The average molecular weight is 276 g/mol. The number of rotatable bonds is 2. The molecule has 0 bridgehead atoms. The highest BCUT2D eigenvalue weighted by Gasteiger charge is 2.45. The molecule has 2 saturated heterocycles. The highest BCUT2D eigenvalue weighted by atomic mass is 19.1. The maximum Gasteiger partial charge on any atom is 0.254 e. The zero-order valence-corrected chi connectivity index (χ0v) is 12.0. The number of halogens is 1. The fourth-order valence-electron chi connectivity index (χ4n) is 3.67. The number of carbonyl (C=O) groups is 1. The Bertz CT molecular complexity index is 531. The Morgan fingerprint density at radius 3 is 2.95 bits per heavy atom. The first-order valence-electron chi connectivity index (χ1n) is 7.39. The number of aryl methyl sites for hydroxylation is 1. The summed E-state index contributed by atoms with van der Waals surface area (Å²) in [6, 6.07) is 5.07. The molecule has 3 atom stereocenters. The van der Waals surface area contributed by atoms with Crippen LogP contribution in [-0.4, -0.2) is 36.5 Å². The molecule has 0 aliphatic carbocycles. The van der Waals surface area contributed by atoms with Gasteiger partial charge in [-0.1, -0.05) is 13.0 Å². The number of carbonyl (C=O) groups excluding carboxylic acids is 1. The number of benzene rings is 1. The third kappa shape index (κ3) is 2.12. The molecule has 0 radical (unpaired) electrons. The van der Waals surface area contributed by atoms with Crippen LogP contribution in [0.4, 0.5) is 4.39 Å². The summed E-state index contributed by atoms with van der Waals surface area (Å²) in [4.78, 5) is 14.6. The van der Waals surface area contributed by atoms with Crippen LogP contribution in [0.25, 0.3) is 0 Å². The summed E-state index contributed by atoms with van der Waals surface area (Å²) in [6.07, 6.45) is 0.961. The van der Waals surface area contributed by atoms with Crippen molar-refractivity contribution in [1.82, 2.24) is 10.2 Å². The second kappa shape index (κ2) is 5.17. The largest absolute Gasteiger partial charge is 0.335 e. The van der Waals surface area contributed by atoms with E-state index in [4.69, 9.17) is 0 Å². The first kappa shape index (κ1) is 13.6. The van der Waals surface area contributed by atoms with Crippen LogP contribution < -0.4 is 5.32 Å². The van der Waals surface area contributed by atoms with Crippen molar-refractivity contribution in [2.24, 2.45) is 11.8 Å². The van der Waals surface area contributed by atoms with Crippen molar-refractivity contribution in [3.63, 3.8) is 0 Å². The second-order valence-electron chi connectivity index (χ2n) is 5.98. The molecule has 2 fully saturated rings. The molecule has 3 nitrogen and oxygen atoms in total. The van der Waals surface area contributed by atoms with Crippen molar-refractivity contribution in [2.75, 3.05) is 19.6 Å². The minimum atomic E-state index is -0.301. The van der Waals surface area contributed by atoms with Crippen molar-refractivity contribution in [2.45, 2.75) is 26.3 Å². The van der Waals surface area contributed by atoms with Crippen LogP contribution in [0.2, 0.25) is 0 Å². The van der Waals surface area contributed by atoms with Crippen LogP contribution >= 0.6 is 0 Å². The number of nitrogens with zero attached hydrogens (tertiary/aromatic N) is 1. The molecule has 0 spiro atoms. The molecule has 0 aromatic heterocycles. The molecule has 2 aliphatic heterocycles. The van der Waals surface area contributed by atoms with Gasteiger partial charge in [0.25, 0.3) is 5.91 Å². The van der Waals surface area contributed by atoms with Crippen LogP contribution in [-0.2, 0) is 0 Å². The fourth-order valence-corrected chi connectivity index (χ4v) is 3.67. The molecule has 1 N–H and O–H groups in total. The first-order chi connectivity index (χ1) is 9.61. The van der Waals surface area contributed by atoms with Gasteiger partial charge in [-0.05, 0) is 42.9 Å². The van der Waals surface area contributed by atoms with Gasteiger partial charge < -0.3 is 10.2 Å². The molecule has 1 aromatic carbocycles. The van der Waals surface area contributed by atoms with E-state index >= 15 is 0 Å². The third-order valence-electron chi connectivity index (χ3n) is 4.82. The number of fused-ring (bicyclic) bond motifs is 1. The topological polar surface area (TPSA) is 32.3 Å². The molecular weight excluding hydrogens is 255 g/mol. The summed E-state index contributed by atoms with van der Waals surface area (Å²) in [6.45, 7) is 6.62. The predicted molar refractivity (Wildman–Crippen MR) is 76.1 cm³/mol. The lowest BCUT2D eigenvalue weighted by molar-refractivity contribution is 0.0711. The van der Waals surface area contributed by atoms with Crippen molar-refractivity contribution in [3.05, 3.63) is 35.1 Å². The van der Waals surface area contributed by atoms with Crippen molar-refractivity contribution < 1.29 is 9.18 Å². The van der Waals surface area contributed by atoms with E-state index in [9.17, 15) is 9.18 Å². The summed E-state index contributed by atoms with van der Waals surface area (Å²) in [5, 5.41) is 3.41. The van der Waals surface area contributed by atoms with Gasteiger partial charge in [0, 0.05) is 31.2 Å². The van der Waals surface area contributed by atoms with Gasteiger partial charge >= 0.3 is 0 Å². The normalized spacial score (nSPS) is 28.8. The Morgan fingerprint density at radius 2 is 2.25 bits per heavy atom. The summed E-state index contributed by atoms with van der Waals surface area (Å²) in [5.41, 5.74) is 1.05. The van der Waals surface area contributed by atoms with Gasteiger partial charge in [-0.15, -0.1) is 0 Å². The van der Waals surface area contributed by atoms with Gasteiger partial charge in [-0.2, -0.15) is 0 Å². The maximum absolute atomic E-state index is 13.7. The lowest BCUT2D eigenvalue weighted by Crippen LogP contribution is -2.39. The Kier molecular flexibility index (Phi) is 3.50. The maximum atomic E-state index is 13.7. The van der Waals surface area contributed by atoms with E-state index in [0.717, 1.165) is 26.1 Å². The van der Waals surface area contributed by atoms with E-state index in [-0.39, 0.29) is 17.8 Å². The molecule has 3 unspecified atom stereocenters. The van der Waals surface area contributed by atoms with Crippen molar-refractivity contribution in [3.8, 4) is 0 Å². The number of hydrogen-bond acceptors (Lipinski definition) is 2. The fraction of sp³-hybridized carbons (Fsp3) is 0.562. The average Bonchev–Trinajstić information content (AvgIpc) is 3.01. The predicted octanol–water partition coefficient (Wildman–Crippen LogP) is 2.20. The Balaban J connectivity index is 1.84. The van der Waals surface area contributed by atoms with Gasteiger partial charge in [0.1, 0.15) is 5.82 Å². The molecule has 3 rings (SSSR count). The van der Waals surface area contributed by atoms with E-state index < -0.39 is 0 Å². The quantitative estimate of drug-likeness (QED) is 0.898. The summed E-state index contributed by atoms with van der Waals surface area (Å²) < 4.78 is 13.7. The molecule has 1 aromatic rings. The lowest BCUT2D eigenvalue weighted by atomic mass is 9.93. The van der Waals surface area contributed by atoms with Crippen LogP contribution in [0, 0.1) is 24.6 Å². The van der Waals surface area contributed by atoms with E-state index in [1.54, 1.807) is 19.1 Å². The zero-order valence-electron chi connectivity index (χ0n) is 12.0. The van der Waals surface area contributed by atoms with Crippen LogP contribution in [0.5, 0.6) is 0 Å². The number of amides is 1. The molecule has 2 aliphatic rings. The van der Waals surface area contributed by atoms with E-state index in [1.807, 2.05) is 4.90 Å². The van der Waals surface area contributed by atoms with Crippen LogP contribution in [0.15, 0.2) is 18.2 Å². The van der Waals surface area contributed by atoms with E-state index in [1.165, 1.54) is 6.07 Å².